The van der Waals surface area contributed by atoms with Gasteiger partial charge in [-0.3, -0.25) is 4.79 Å². The molecule has 0 saturated carbocycles. The van der Waals surface area contributed by atoms with Crippen LogP contribution in [0.2, 0.25) is 0 Å². The second kappa shape index (κ2) is 10.5. The lowest BCUT2D eigenvalue weighted by Crippen LogP contribution is -2.36. The van der Waals surface area contributed by atoms with E-state index in [1.54, 1.807) is 11.8 Å². The minimum atomic E-state index is -0.0599. The van der Waals surface area contributed by atoms with Crippen LogP contribution in [-0.4, -0.2) is 29.2 Å². The summed E-state index contributed by atoms with van der Waals surface area (Å²) in [6, 6.07) is 14.4. The van der Waals surface area contributed by atoms with Crippen molar-refractivity contribution in [2.24, 2.45) is 5.92 Å². The van der Waals surface area contributed by atoms with Gasteiger partial charge in [0.25, 0.3) is 0 Å². The van der Waals surface area contributed by atoms with Crippen LogP contribution in [0.3, 0.4) is 0 Å². The fourth-order valence-electron chi connectivity index (χ4n) is 3.57. The fraction of sp³-hybridized carbons (Fsp3) is 0.478. The first-order valence-corrected chi connectivity index (χ1v) is 11.3. The summed E-state index contributed by atoms with van der Waals surface area (Å²) in [4.78, 5) is 19.9. The highest BCUT2D eigenvalue weighted by atomic mass is 32.2. The second-order valence-electron chi connectivity index (χ2n) is 7.71. The molecule has 2 heterocycles. The molecule has 150 valence electrons. The average molecular weight is 398 g/mol. The number of pyridine rings is 1. The first-order valence-electron chi connectivity index (χ1n) is 10.3. The molecule has 4 nitrogen and oxygen atoms in total. The standard InChI is InChI=1S/C23H31N3OS/c1-18(2)21(28-17-19-10-5-3-6-11-19)23(27)25-16-20-12-9-13-24-22(20)26-14-7-4-8-15-26/h3,5-6,9-13,18,21H,4,7-8,14-17H2,1-2H3,(H,25,27). The van der Waals surface area contributed by atoms with Crippen molar-refractivity contribution in [2.45, 2.75) is 50.7 Å². The number of hydrogen-bond donors (Lipinski definition) is 1. The molecule has 1 aromatic carbocycles. The Balaban J connectivity index is 1.60. The highest BCUT2D eigenvalue weighted by Crippen LogP contribution is 2.25. The van der Waals surface area contributed by atoms with Crippen LogP contribution in [0.4, 0.5) is 5.82 Å². The molecule has 1 atom stereocenters. The zero-order chi connectivity index (χ0) is 19.8. The summed E-state index contributed by atoms with van der Waals surface area (Å²) in [7, 11) is 0. The molecule has 1 N–H and O–H groups in total. The molecule has 1 unspecified atom stereocenters. The maximum Gasteiger partial charge on any atom is 0.233 e. The number of piperidine rings is 1. The average Bonchev–Trinajstić information content (AvgIpc) is 2.74. The molecule has 1 aliphatic heterocycles. The van der Waals surface area contributed by atoms with E-state index in [1.807, 2.05) is 30.5 Å². The minimum Gasteiger partial charge on any atom is -0.356 e. The van der Waals surface area contributed by atoms with Crippen LogP contribution in [0.15, 0.2) is 48.7 Å². The highest BCUT2D eigenvalue weighted by molar-refractivity contribution is 7.99. The van der Waals surface area contributed by atoms with E-state index in [1.165, 1.54) is 24.8 Å². The third-order valence-electron chi connectivity index (χ3n) is 5.11. The molecule has 1 saturated heterocycles. The third-order valence-corrected chi connectivity index (χ3v) is 6.73. The Kier molecular flexibility index (Phi) is 7.78. The van der Waals surface area contributed by atoms with Gasteiger partial charge in [-0.15, -0.1) is 11.8 Å². The molecule has 2 aromatic rings. The van der Waals surface area contributed by atoms with E-state index < -0.39 is 0 Å². The summed E-state index contributed by atoms with van der Waals surface area (Å²) >= 11 is 1.72. The Hall–Kier alpha value is -2.01. The number of nitrogens with one attached hydrogen (secondary N) is 1. The van der Waals surface area contributed by atoms with Gasteiger partial charge in [0.2, 0.25) is 5.91 Å². The normalized spacial score (nSPS) is 15.5. The Morgan fingerprint density at radius 2 is 1.86 bits per heavy atom. The Labute approximate surface area is 173 Å². The number of nitrogens with zero attached hydrogens (tertiary/aromatic N) is 2. The van der Waals surface area contributed by atoms with Crippen molar-refractivity contribution < 1.29 is 4.79 Å². The van der Waals surface area contributed by atoms with Crippen LogP contribution in [0.25, 0.3) is 0 Å². The number of benzene rings is 1. The smallest absolute Gasteiger partial charge is 0.233 e. The maximum atomic E-state index is 12.9. The van der Waals surface area contributed by atoms with Gasteiger partial charge in [0.05, 0.1) is 5.25 Å². The SMILES string of the molecule is CC(C)C(SCc1ccccc1)C(=O)NCc1cccnc1N1CCCCC1. The molecular weight excluding hydrogens is 366 g/mol. The molecular formula is C23H31N3OS. The maximum absolute atomic E-state index is 12.9. The van der Waals surface area contributed by atoms with E-state index >= 15 is 0 Å². The van der Waals surface area contributed by atoms with Crippen molar-refractivity contribution in [1.82, 2.24) is 10.3 Å². The molecule has 5 heteroatoms. The van der Waals surface area contributed by atoms with Gasteiger partial charge in [0, 0.05) is 37.1 Å². The van der Waals surface area contributed by atoms with Crippen molar-refractivity contribution in [3.63, 3.8) is 0 Å². The van der Waals surface area contributed by atoms with Crippen molar-refractivity contribution >= 4 is 23.5 Å². The fourth-order valence-corrected chi connectivity index (χ4v) is 4.76. The van der Waals surface area contributed by atoms with Crippen molar-refractivity contribution in [1.29, 1.82) is 0 Å². The summed E-state index contributed by atoms with van der Waals surface area (Å²) in [6.45, 7) is 6.88. The topological polar surface area (TPSA) is 45.2 Å². The number of amides is 1. The lowest BCUT2D eigenvalue weighted by atomic mass is 10.1. The van der Waals surface area contributed by atoms with Crippen molar-refractivity contribution in [2.75, 3.05) is 18.0 Å². The summed E-state index contributed by atoms with van der Waals surface area (Å²) in [5.74, 6) is 2.28. The number of rotatable bonds is 8. The summed E-state index contributed by atoms with van der Waals surface area (Å²) in [6.07, 6.45) is 5.58. The summed E-state index contributed by atoms with van der Waals surface area (Å²) in [5, 5.41) is 3.11. The lowest BCUT2D eigenvalue weighted by molar-refractivity contribution is -0.121. The van der Waals surface area contributed by atoms with E-state index in [2.05, 4.69) is 47.2 Å². The number of hydrogen-bond acceptors (Lipinski definition) is 4. The van der Waals surface area contributed by atoms with E-state index in [9.17, 15) is 4.79 Å². The zero-order valence-electron chi connectivity index (χ0n) is 16.9. The Morgan fingerprint density at radius 1 is 1.11 bits per heavy atom. The molecule has 3 rings (SSSR count). The molecule has 0 aliphatic carbocycles. The Morgan fingerprint density at radius 3 is 2.57 bits per heavy atom. The van der Waals surface area contributed by atoms with Crippen LogP contribution in [0.5, 0.6) is 0 Å². The zero-order valence-corrected chi connectivity index (χ0v) is 17.8. The molecule has 1 amide bonds. The van der Waals surface area contributed by atoms with E-state index in [0.29, 0.717) is 6.54 Å². The summed E-state index contributed by atoms with van der Waals surface area (Å²) < 4.78 is 0. The number of thioether (sulfide) groups is 1. The molecule has 1 aliphatic rings. The van der Waals surface area contributed by atoms with E-state index in [0.717, 1.165) is 30.2 Å². The largest absolute Gasteiger partial charge is 0.356 e. The van der Waals surface area contributed by atoms with Crippen molar-refractivity contribution in [3.05, 3.63) is 59.8 Å². The van der Waals surface area contributed by atoms with Gasteiger partial charge in [-0.1, -0.05) is 50.2 Å². The van der Waals surface area contributed by atoms with Gasteiger partial charge in [0.1, 0.15) is 5.82 Å². The number of aromatic nitrogens is 1. The van der Waals surface area contributed by atoms with Gasteiger partial charge >= 0.3 is 0 Å². The first kappa shape index (κ1) is 20.7. The van der Waals surface area contributed by atoms with Crippen LogP contribution >= 0.6 is 11.8 Å². The van der Waals surface area contributed by atoms with Crippen LogP contribution < -0.4 is 10.2 Å². The predicted molar refractivity (Wildman–Crippen MR) is 119 cm³/mol. The minimum absolute atomic E-state index is 0.0599. The lowest BCUT2D eigenvalue weighted by Gasteiger charge is -2.29. The molecule has 0 radical (unpaired) electrons. The predicted octanol–water partition coefficient (Wildman–Crippen LogP) is 4.65. The van der Waals surface area contributed by atoms with Gasteiger partial charge in [-0.05, 0) is 36.8 Å². The van der Waals surface area contributed by atoms with Crippen LogP contribution in [0, 0.1) is 5.92 Å². The molecule has 0 bridgehead atoms. The highest BCUT2D eigenvalue weighted by Gasteiger charge is 2.23. The molecule has 1 fully saturated rings. The van der Waals surface area contributed by atoms with Crippen molar-refractivity contribution in [3.8, 4) is 0 Å². The van der Waals surface area contributed by atoms with E-state index in [-0.39, 0.29) is 17.1 Å². The monoisotopic (exact) mass is 397 g/mol. The van der Waals surface area contributed by atoms with Crippen LogP contribution in [-0.2, 0) is 17.1 Å². The molecule has 1 aromatic heterocycles. The first-order chi connectivity index (χ1) is 13.6. The quantitative estimate of drug-likeness (QED) is 0.704. The Bertz CT molecular complexity index is 745. The number of carbonyl (C=O) groups is 1. The molecule has 0 spiro atoms. The number of anilines is 1. The summed E-state index contributed by atoms with van der Waals surface area (Å²) in [5.41, 5.74) is 2.36. The number of carbonyl (C=O) groups excluding carboxylic acids is 1. The molecule has 28 heavy (non-hydrogen) atoms. The van der Waals surface area contributed by atoms with Gasteiger partial charge in [-0.2, -0.15) is 0 Å². The van der Waals surface area contributed by atoms with Gasteiger partial charge < -0.3 is 10.2 Å². The van der Waals surface area contributed by atoms with Gasteiger partial charge in [0.15, 0.2) is 0 Å². The second-order valence-corrected chi connectivity index (χ2v) is 8.84. The van der Waals surface area contributed by atoms with Gasteiger partial charge in [-0.25, -0.2) is 4.98 Å². The van der Waals surface area contributed by atoms with Crippen LogP contribution in [0.1, 0.15) is 44.2 Å². The van der Waals surface area contributed by atoms with E-state index in [4.69, 9.17) is 0 Å². The third kappa shape index (κ3) is 5.74.